The van der Waals surface area contributed by atoms with Gasteiger partial charge in [0.2, 0.25) is 5.91 Å². The zero-order valence-electron chi connectivity index (χ0n) is 11.8. The number of rotatable bonds is 3. The van der Waals surface area contributed by atoms with Crippen LogP contribution in [0.4, 0.5) is 18.9 Å². The number of hydrogen-bond acceptors (Lipinski definition) is 2. The first-order valence-electron chi connectivity index (χ1n) is 6.81. The fraction of sp³-hybridized carbons (Fsp3) is 0.125. The maximum atomic E-state index is 12.6. The van der Waals surface area contributed by atoms with E-state index in [1.54, 1.807) is 24.5 Å². The Morgan fingerprint density at radius 3 is 2.78 bits per heavy atom. The third-order valence-electron chi connectivity index (χ3n) is 3.32. The van der Waals surface area contributed by atoms with Gasteiger partial charge in [0.15, 0.2) is 0 Å². The molecule has 0 fully saturated rings. The fourth-order valence-electron chi connectivity index (χ4n) is 2.26. The van der Waals surface area contributed by atoms with E-state index in [1.807, 2.05) is 0 Å². The maximum absolute atomic E-state index is 12.6. The number of nitrogens with one attached hydrogen (secondary N) is 2. The van der Waals surface area contributed by atoms with Crippen LogP contribution < -0.4 is 5.32 Å². The fourth-order valence-corrected chi connectivity index (χ4v) is 2.26. The van der Waals surface area contributed by atoms with Gasteiger partial charge in [0.05, 0.1) is 29.3 Å². The van der Waals surface area contributed by atoms with Crippen molar-refractivity contribution in [2.75, 3.05) is 5.32 Å². The molecule has 3 aromatic rings. The van der Waals surface area contributed by atoms with Crippen molar-refractivity contribution in [2.45, 2.75) is 12.6 Å². The number of aromatic nitrogens is 2. The first-order chi connectivity index (χ1) is 10.9. The number of fused-ring (bicyclic) bond motifs is 1. The second-order valence-corrected chi connectivity index (χ2v) is 5.06. The van der Waals surface area contributed by atoms with Gasteiger partial charge in [-0.3, -0.25) is 4.79 Å². The van der Waals surface area contributed by atoms with E-state index >= 15 is 0 Å². The summed E-state index contributed by atoms with van der Waals surface area (Å²) in [7, 11) is 0. The summed E-state index contributed by atoms with van der Waals surface area (Å²) in [4.78, 5) is 19.0. The van der Waals surface area contributed by atoms with E-state index in [0.717, 1.165) is 28.7 Å². The molecule has 2 aromatic carbocycles. The van der Waals surface area contributed by atoms with Gasteiger partial charge >= 0.3 is 6.18 Å². The lowest BCUT2D eigenvalue weighted by Crippen LogP contribution is -2.15. The molecular weight excluding hydrogens is 307 g/mol. The minimum Gasteiger partial charge on any atom is -0.345 e. The molecule has 0 aliphatic carbocycles. The summed E-state index contributed by atoms with van der Waals surface area (Å²) >= 11 is 0. The summed E-state index contributed by atoms with van der Waals surface area (Å²) in [6, 6.07) is 9.87. The summed E-state index contributed by atoms with van der Waals surface area (Å²) in [6.45, 7) is 0. The summed E-state index contributed by atoms with van der Waals surface area (Å²) < 4.78 is 37.9. The second-order valence-electron chi connectivity index (χ2n) is 5.06. The van der Waals surface area contributed by atoms with Crippen LogP contribution in [0.5, 0.6) is 0 Å². The number of amides is 1. The van der Waals surface area contributed by atoms with Gasteiger partial charge in [0.25, 0.3) is 0 Å². The van der Waals surface area contributed by atoms with Crippen molar-refractivity contribution in [3.8, 4) is 0 Å². The number of nitrogens with zero attached hydrogens (tertiary/aromatic N) is 1. The Morgan fingerprint density at radius 1 is 1.17 bits per heavy atom. The molecule has 7 heteroatoms. The van der Waals surface area contributed by atoms with Gasteiger partial charge < -0.3 is 10.3 Å². The highest BCUT2D eigenvalue weighted by Crippen LogP contribution is 2.30. The Kier molecular flexibility index (Phi) is 3.77. The van der Waals surface area contributed by atoms with Crippen molar-refractivity contribution in [1.82, 2.24) is 9.97 Å². The molecule has 23 heavy (non-hydrogen) atoms. The standard InChI is InChI=1S/C16H12F3N3O/c17-16(18,19)11-2-1-3-12(8-11)22-15(23)7-10-4-5-13-14(6-10)21-9-20-13/h1-6,8-9H,7H2,(H,20,21)(H,22,23). The summed E-state index contributed by atoms with van der Waals surface area (Å²) in [5.74, 6) is -0.386. The van der Waals surface area contributed by atoms with Crippen LogP contribution in [0, 0.1) is 0 Å². The van der Waals surface area contributed by atoms with Crippen molar-refractivity contribution in [2.24, 2.45) is 0 Å². The van der Waals surface area contributed by atoms with E-state index in [2.05, 4.69) is 15.3 Å². The molecule has 0 aliphatic rings. The van der Waals surface area contributed by atoms with Gasteiger partial charge in [-0.2, -0.15) is 13.2 Å². The molecule has 1 aromatic heterocycles. The zero-order valence-corrected chi connectivity index (χ0v) is 11.8. The van der Waals surface area contributed by atoms with E-state index < -0.39 is 11.7 Å². The third kappa shape index (κ3) is 3.50. The van der Waals surface area contributed by atoms with Crippen molar-refractivity contribution < 1.29 is 18.0 Å². The molecule has 118 valence electrons. The smallest absolute Gasteiger partial charge is 0.345 e. The van der Waals surface area contributed by atoms with Crippen LogP contribution in [0.2, 0.25) is 0 Å². The number of imidazole rings is 1. The van der Waals surface area contributed by atoms with Crippen LogP contribution in [-0.4, -0.2) is 15.9 Å². The van der Waals surface area contributed by atoms with Crippen LogP contribution in [0.3, 0.4) is 0 Å². The average molecular weight is 319 g/mol. The first kappa shape index (κ1) is 15.1. The average Bonchev–Trinajstić information content (AvgIpc) is 2.94. The molecule has 1 amide bonds. The quantitative estimate of drug-likeness (QED) is 0.772. The molecule has 0 atom stereocenters. The number of anilines is 1. The van der Waals surface area contributed by atoms with Crippen LogP contribution in [-0.2, 0) is 17.4 Å². The SMILES string of the molecule is O=C(Cc1ccc2nc[nH]c2c1)Nc1cccc(C(F)(F)F)c1. The van der Waals surface area contributed by atoms with Crippen molar-refractivity contribution in [3.63, 3.8) is 0 Å². The predicted octanol–water partition coefficient (Wildman–Crippen LogP) is 3.76. The van der Waals surface area contributed by atoms with Gasteiger partial charge in [0, 0.05) is 5.69 Å². The molecule has 0 radical (unpaired) electrons. The van der Waals surface area contributed by atoms with Crippen molar-refractivity contribution in [1.29, 1.82) is 0 Å². The summed E-state index contributed by atoms with van der Waals surface area (Å²) in [5, 5.41) is 2.48. The molecule has 0 saturated heterocycles. The molecule has 1 heterocycles. The van der Waals surface area contributed by atoms with Crippen molar-refractivity contribution >= 4 is 22.6 Å². The normalized spacial score (nSPS) is 11.6. The highest BCUT2D eigenvalue weighted by Gasteiger charge is 2.30. The number of hydrogen-bond donors (Lipinski definition) is 2. The number of H-pyrrole nitrogens is 1. The Bertz CT molecular complexity index is 855. The lowest BCUT2D eigenvalue weighted by molar-refractivity contribution is -0.137. The first-order valence-corrected chi connectivity index (χ1v) is 6.81. The van der Waals surface area contributed by atoms with Crippen molar-refractivity contribution in [3.05, 3.63) is 59.9 Å². The van der Waals surface area contributed by atoms with E-state index in [4.69, 9.17) is 0 Å². The van der Waals surface area contributed by atoms with Gasteiger partial charge in [-0.05, 0) is 35.9 Å². The topological polar surface area (TPSA) is 57.8 Å². The Labute approximate surface area is 129 Å². The minimum absolute atomic E-state index is 0.0607. The van der Waals surface area contributed by atoms with Gasteiger partial charge in [-0.1, -0.05) is 12.1 Å². The summed E-state index contributed by atoms with van der Waals surface area (Å²) in [5.41, 5.74) is 1.65. The number of benzene rings is 2. The van der Waals surface area contributed by atoms with Gasteiger partial charge in [-0.15, -0.1) is 0 Å². The Hall–Kier alpha value is -2.83. The molecule has 4 nitrogen and oxygen atoms in total. The number of aromatic amines is 1. The maximum Gasteiger partial charge on any atom is 0.416 e. The lowest BCUT2D eigenvalue weighted by Gasteiger charge is -2.10. The number of alkyl halides is 3. The summed E-state index contributed by atoms with van der Waals surface area (Å²) in [6.07, 6.45) is -2.82. The highest BCUT2D eigenvalue weighted by molar-refractivity contribution is 5.92. The van der Waals surface area contributed by atoms with Crippen LogP contribution in [0.15, 0.2) is 48.8 Å². The van der Waals surface area contributed by atoms with Crippen LogP contribution >= 0.6 is 0 Å². The molecule has 0 spiro atoms. The van der Waals surface area contributed by atoms with Gasteiger partial charge in [-0.25, -0.2) is 4.98 Å². The molecule has 0 unspecified atom stereocenters. The van der Waals surface area contributed by atoms with E-state index in [1.165, 1.54) is 12.1 Å². The highest BCUT2D eigenvalue weighted by atomic mass is 19.4. The zero-order chi connectivity index (χ0) is 16.4. The molecule has 0 aliphatic heterocycles. The van der Waals surface area contributed by atoms with E-state index in [-0.39, 0.29) is 18.0 Å². The third-order valence-corrected chi connectivity index (χ3v) is 3.32. The molecule has 0 saturated carbocycles. The van der Waals surface area contributed by atoms with Gasteiger partial charge in [0.1, 0.15) is 0 Å². The molecule has 3 rings (SSSR count). The van der Waals surface area contributed by atoms with Crippen LogP contribution in [0.25, 0.3) is 11.0 Å². The molecule has 0 bridgehead atoms. The lowest BCUT2D eigenvalue weighted by atomic mass is 10.1. The number of carbonyl (C=O) groups is 1. The molecular formula is C16H12F3N3O. The number of carbonyl (C=O) groups excluding carboxylic acids is 1. The van der Waals surface area contributed by atoms with E-state index in [9.17, 15) is 18.0 Å². The van der Waals surface area contributed by atoms with E-state index in [0.29, 0.717) is 0 Å². The Morgan fingerprint density at radius 2 is 2.00 bits per heavy atom. The largest absolute Gasteiger partial charge is 0.416 e. The Balaban J connectivity index is 1.71. The number of halogens is 3. The monoisotopic (exact) mass is 319 g/mol. The predicted molar refractivity (Wildman–Crippen MR) is 79.9 cm³/mol. The minimum atomic E-state index is -4.44. The second kappa shape index (κ2) is 5.75. The molecule has 2 N–H and O–H groups in total. The van der Waals surface area contributed by atoms with Crippen LogP contribution in [0.1, 0.15) is 11.1 Å².